The van der Waals surface area contributed by atoms with Crippen LogP contribution in [0.1, 0.15) is 29.7 Å². The number of imidazole rings is 1. The first-order chi connectivity index (χ1) is 21.6. The van der Waals surface area contributed by atoms with Crippen molar-refractivity contribution >= 4 is 34.8 Å². The molecule has 0 radical (unpaired) electrons. The summed E-state index contributed by atoms with van der Waals surface area (Å²) in [5, 5.41) is 26.1. The van der Waals surface area contributed by atoms with E-state index in [2.05, 4.69) is 30.4 Å². The molecule has 2 aromatic heterocycles. The third kappa shape index (κ3) is 6.25. The van der Waals surface area contributed by atoms with Gasteiger partial charge in [-0.2, -0.15) is 23.1 Å². The molecule has 2 aromatic carbocycles. The molecule has 4 heterocycles. The minimum Gasteiger partial charge on any atom is -0.456 e. The molecule has 2 fully saturated rings. The van der Waals surface area contributed by atoms with E-state index in [1.165, 1.54) is 15.9 Å². The second-order valence-electron chi connectivity index (χ2n) is 10.5. The number of nitrogens with one attached hydrogen (secondary N) is 2. The van der Waals surface area contributed by atoms with E-state index in [-0.39, 0.29) is 41.9 Å². The number of carbonyl (C=O) groups excluding carboxylic acids is 2. The largest absolute Gasteiger partial charge is 0.490 e. The Morgan fingerprint density at radius 1 is 1.07 bits per heavy atom. The number of aromatic nitrogens is 4. The quantitative estimate of drug-likeness (QED) is 0.201. The van der Waals surface area contributed by atoms with Crippen LogP contribution >= 0.6 is 0 Å². The Morgan fingerprint density at radius 2 is 1.73 bits per heavy atom. The molecule has 45 heavy (non-hydrogen) atoms. The summed E-state index contributed by atoms with van der Waals surface area (Å²) in [6.45, 7) is -0.290. The van der Waals surface area contributed by atoms with Gasteiger partial charge in [-0.1, -0.05) is 60.7 Å². The summed E-state index contributed by atoms with van der Waals surface area (Å²) in [7, 11) is 0. The van der Waals surface area contributed by atoms with Gasteiger partial charge in [-0.15, -0.1) is 0 Å². The van der Waals surface area contributed by atoms with E-state index in [1.807, 2.05) is 60.7 Å². The van der Waals surface area contributed by atoms with Crippen LogP contribution < -0.4 is 15.8 Å². The van der Waals surface area contributed by atoms with Gasteiger partial charge in [0.2, 0.25) is 11.9 Å². The minimum atomic E-state index is -5.23. The summed E-state index contributed by atoms with van der Waals surface area (Å²) in [6.07, 6.45) is -9.89. The van der Waals surface area contributed by atoms with Gasteiger partial charge >= 0.3 is 12.1 Å². The van der Waals surface area contributed by atoms with E-state index in [1.54, 1.807) is 0 Å². The van der Waals surface area contributed by atoms with Gasteiger partial charge in [0.15, 0.2) is 23.2 Å². The number of aliphatic hydroxyl groups excluding tert-OH is 2. The Morgan fingerprint density at radius 3 is 2.33 bits per heavy atom. The summed E-state index contributed by atoms with van der Waals surface area (Å²) in [6, 6.07) is 19.7. The van der Waals surface area contributed by atoms with Crippen molar-refractivity contribution in [1.29, 1.82) is 0 Å². The maximum atomic E-state index is 12.6. The number of hydrazine groups is 1. The molecule has 4 N–H and O–H groups in total. The van der Waals surface area contributed by atoms with Crippen LogP contribution in [0.25, 0.3) is 11.2 Å². The highest BCUT2D eigenvalue weighted by molar-refractivity contribution is 5.86. The third-order valence-corrected chi connectivity index (χ3v) is 7.57. The van der Waals surface area contributed by atoms with Gasteiger partial charge in [0.1, 0.15) is 24.9 Å². The highest BCUT2D eigenvalue weighted by Gasteiger charge is 2.47. The fourth-order valence-corrected chi connectivity index (χ4v) is 5.29. The molecule has 0 unspecified atom stereocenters. The third-order valence-electron chi connectivity index (χ3n) is 7.57. The molecule has 0 spiro atoms. The van der Waals surface area contributed by atoms with Crippen molar-refractivity contribution < 1.29 is 42.4 Å². The van der Waals surface area contributed by atoms with Gasteiger partial charge in [0.05, 0.1) is 12.9 Å². The van der Waals surface area contributed by atoms with Crippen LogP contribution in [0.4, 0.5) is 24.9 Å². The Labute approximate surface area is 253 Å². The first-order valence-corrected chi connectivity index (χ1v) is 14.0. The van der Waals surface area contributed by atoms with E-state index < -0.39 is 43.3 Å². The molecule has 4 aromatic rings. The number of amides is 1. The van der Waals surface area contributed by atoms with Crippen molar-refractivity contribution in [3.05, 3.63) is 78.1 Å². The molecular weight excluding hydrogens is 599 g/mol. The monoisotopic (exact) mass is 627 g/mol. The summed E-state index contributed by atoms with van der Waals surface area (Å²) in [5.74, 6) is -2.37. The lowest BCUT2D eigenvalue weighted by atomic mass is 9.91. The van der Waals surface area contributed by atoms with Gasteiger partial charge in [-0.05, 0) is 11.1 Å². The second kappa shape index (κ2) is 12.3. The molecular formula is C29H28F3N7O6. The number of halogens is 3. The SMILES string of the molecule is O=C1CCN(c2nc(NCC(c3ccccc3)c3ccccc3)c3ncn([C@@H]4O[C@H](COC(=O)C(F)(F)F)[C@@H](O)[C@H]4O)c3n2)N1. The molecule has 6 rings (SSSR count). The minimum absolute atomic E-state index is 0.0928. The number of hydrogen-bond donors (Lipinski definition) is 4. The van der Waals surface area contributed by atoms with Crippen molar-refractivity contribution in [2.24, 2.45) is 0 Å². The van der Waals surface area contributed by atoms with Crippen LogP contribution in [0, 0.1) is 0 Å². The highest BCUT2D eigenvalue weighted by Crippen LogP contribution is 2.34. The predicted octanol–water partition coefficient (Wildman–Crippen LogP) is 2.04. The number of ether oxygens (including phenoxy) is 2. The van der Waals surface area contributed by atoms with Crippen molar-refractivity contribution in [3.63, 3.8) is 0 Å². The van der Waals surface area contributed by atoms with Crippen LogP contribution in [0.5, 0.6) is 0 Å². The standard InChI is InChI=1S/C29H28F3N7O6/c30-29(31,32)27(43)44-14-19-22(41)23(42)26(45-19)38-15-34-21-24(35-28(36-25(21)38)39-12-11-20(40)37-39)33-13-18(16-7-3-1-4-8-16)17-9-5-2-6-10-17/h1-10,15,18-19,22-23,26,41-42H,11-14H2,(H,37,40)(H,33,35,36)/t19-,22-,23-,26-/m1/s1. The maximum Gasteiger partial charge on any atom is 0.490 e. The number of hydrogen-bond acceptors (Lipinski definition) is 11. The zero-order valence-electron chi connectivity index (χ0n) is 23.5. The van der Waals surface area contributed by atoms with Crippen LogP contribution in [-0.2, 0) is 19.1 Å². The first-order valence-electron chi connectivity index (χ1n) is 14.0. The van der Waals surface area contributed by atoms with Crippen molar-refractivity contribution in [3.8, 4) is 0 Å². The van der Waals surface area contributed by atoms with Gasteiger partial charge < -0.3 is 25.0 Å². The second-order valence-corrected chi connectivity index (χ2v) is 10.5. The van der Waals surface area contributed by atoms with Crippen LogP contribution in [-0.4, -0.2) is 85.8 Å². The molecule has 2 saturated heterocycles. The molecule has 4 atom stereocenters. The van der Waals surface area contributed by atoms with E-state index in [4.69, 9.17) is 4.74 Å². The summed E-state index contributed by atoms with van der Waals surface area (Å²) in [4.78, 5) is 36.8. The number of rotatable bonds is 9. The number of anilines is 2. The lowest BCUT2D eigenvalue weighted by Gasteiger charge is -2.21. The topological polar surface area (TPSA) is 164 Å². The number of fused-ring (bicyclic) bond motifs is 1. The number of esters is 1. The number of carbonyl (C=O) groups is 2. The van der Waals surface area contributed by atoms with E-state index >= 15 is 0 Å². The van der Waals surface area contributed by atoms with E-state index in [0.29, 0.717) is 12.4 Å². The smallest absolute Gasteiger partial charge is 0.456 e. The number of aliphatic hydroxyl groups is 2. The van der Waals surface area contributed by atoms with E-state index in [0.717, 1.165) is 11.1 Å². The summed E-state index contributed by atoms with van der Waals surface area (Å²) < 4.78 is 49.0. The molecule has 13 nitrogen and oxygen atoms in total. The van der Waals surface area contributed by atoms with Crippen LogP contribution in [0.3, 0.4) is 0 Å². The summed E-state index contributed by atoms with van der Waals surface area (Å²) >= 11 is 0. The molecule has 236 valence electrons. The zero-order valence-corrected chi connectivity index (χ0v) is 23.5. The fraction of sp³-hybridized carbons (Fsp3) is 0.345. The Kier molecular flexibility index (Phi) is 8.26. The number of benzene rings is 2. The predicted molar refractivity (Wildman–Crippen MR) is 152 cm³/mol. The average Bonchev–Trinajstić information content (AvgIpc) is 3.74. The fourth-order valence-electron chi connectivity index (χ4n) is 5.29. The van der Waals surface area contributed by atoms with Gasteiger partial charge in [0.25, 0.3) is 0 Å². The Hall–Kier alpha value is -4.80. The number of alkyl halides is 3. The summed E-state index contributed by atoms with van der Waals surface area (Å²) in [5.41, 5.74) is 5.18. The van der Waals surface area contributed by atoms with E-state index in [9.17, 15) is 33.0 Å². The lowest BCUT2D eigenvalue weighted by Crippen LogP contribution is -2.36. The highest BCUT2D eigenvalue weighted by atomic mass is 19.4. The average molecular weight is 628 g/mol. The molecule has 16 heteroatoms. The van der Waals surface area contributed by atoms with Crippen LogP contribution in [0.2, 0.25) is 0 Å². The molecule has 1 amide bonds. The molecule has 0 bridgehead atoms. The van der Waals surface area contributed by atoms with Gasteiger partial charge in [0, 0.05) is 18.9 Å². The Bertz CT molecular complexity index is 1630. The van der Waals surface area contributed by atoms with Crippen molar-refractivity contribution in [1.82, 2.24) is 24.9 Å². The molecule has 0 aliphatic carbocycles. The van der Waals surface area contributed by atoms with Gasteiger partial charge in [-0.25, -0.2) is 9.78 Å². The van der Waals surface area contributed by atoms with Crippen molar-refractivity contribution in [2.75, 3.05) is 30.0 Å². The molecule has 2 aliphatic heterocycles. The number of nitrogens with zero attached hydrogens (tertiary/aromatic N) is 5. The van der Waals surface area contributed by atoms with Crippen LogP contribution in [0.15, 0.2) is 67.0 Å². The lowest BCUT2D eigenvalue weighted by molar-refractivity contribution is -0.203. The maximum absolute atomic E-state index is 12.6. The zero-order chi connectivity index (χ0) is 31.7. The first kappa shape index (κ1) is 30.2. The normalized spacial score (nSPS) is 21.8. The molecule has 0 saturated carbocycles. The van der Waals surface area contributed by atoms with Gasteiger partial charge in [-0.3, -0.25) is 19.8 Å². The molecule has 2 aliphatic rings. The Balaban J connectivity index is 1.32. The van der Waals surface area contributed by atoms with Crippen molar-refractivity contribution in [2.45, 2.75) is 43.1 Å².